The molecule has 6 heteroatoms. The van der Waals surface area contributed by atoms with E-state index in [1.165, 1.54) is 18.3 Å². The first-order valence-corrected chi connectivity index (χ1v) is 5.28. The zero-order valence-corrected chi connectivity index (χ0v) is 10.4. The third kappa shape index (κ3) is 4.82. The first-order chi connectivity index (χ1) is 8.28. The van der Waals surface area contributed by atoms with E-state index in [-0.39, 0.29) is 0 Å². The number of ether oxygens (including phenoxy) is 1. The van der Waals surface area contributed by atoms with Crippen LogP contribution in [0, 0.1) is 5.82 Å². The number of carbonyl (C=O) groups excluding carboxylic acids is 1. The van der Waals surface area contributed by atoms with Crippen LogP contribution in [0.2, 0.25) is 0 Å². The summed E-state index contributed by atoms with van der Waals surface area (Å²) in [5.74, 6) is -1.19. The number of aromatic hydroxyl groups is 1. The zero-order chi connectivity index (χ0) is 13.8. The van der Waals surface area contributed by atoms with Gasteiger partial charge in [0.05, 0.1) is 6.21 Å². The minimum Gasteiger partial charge on any atom is -0.505 e. The van der Waals surface area contributed by atoms with Gasteiger partial charge in [-0.25, -0.2) is 14.6 Å². The molecule has 1 rings (SSSR count). The summed E-state index contributed by atoms with van der Waals surface area (Å²) in [6.45, 7) is 5.18. The molecule has 0 saturated heterocycles. The highest BCUT2D eigenvalue weighted by molar-refractivity contribution is 5.81. The number of hydrogen-bond acceptors (Lipinski definition) is 4. The summed E-state index contributed by atoms with van der Waals surface area (Å²) in [6, 6.07) is 3.75. The molecule has 1 aromatic rings. The predicted molar refractivity (Wildman–Crippen MR) is 65.0 cm³/mol. The molecule has 0 aromatic heterocycles. The van der Waals surface area contributed by atoms with Crippen LogP contribution < -0.4 is 5.43 Å². The van der Waals surface area contributed by atoms with Gasteiger partial charge in [-0.2, -0.15) is 5.10 Å². The van der Waals surface area contributed by atoms with Crippen molar-refractivity contribution in [3.8, 4) is 5.75 Å². The molecule has 0 spiro atoms. The van der Waals surface area contributed by atoms with Gasteiger partial charge in [0.15, 0.2) is 11.6 Å². The molecular formula is C12H15FN2O3. The molecular weight excluding hydrogens is 239 g/mol. The van der Waals surface area contributed by atoms with Gasteiger partial charge >= 0.3 is 6.09 Å². The number of nitrogens with zero attached hydrogens (tertiary/aromatic N) is 1. The van der Waals surface area contributed by atoms with E-state index in [0.29, 0.717) is 5.56 Å². The third-order valence-corrected chi connectivity index (χ3v) is 1.74. The largest absolute Gasteiger partial charge is 0.505 e. The monoisotopic (exact) mass is 254 g/mol. The second kappa shape index (κ2) is 5.48. The molecule has 0 bridgehead atoms. The Bertz CT molecular complexity index is 467. The fourth-order valence-electron chi connectivity index (χ4n) is 1.06. The smallest absolute Gasteiger partial charge is 0.428 e. The molecule has 18 heavy (non-hydrogen) atoms. The first kappa shape index (κ1) is 14.0. The summed E-state index contributed by atoms with van der Waals surface area (Å²) < 4.78 is 17.9. The number of phenols is 1. The van der Waals surface area contributed by atoms with E-state index in [9.17, 15) is 9.18 Å². The Morgan fingerprint density at radius 3 is 2.72 bits per heavy atom. The molecule has 0 aliphatic carbocycles. The molecule has 0 heterocycles. The molecule has 98 valence electrons. The van der Waals surface area contributed by atoms with E-state index in [2.05, 4.69) is 10.5 Å². The van der Waals surface area contributed by atoms with Gasteiger partial charge in [-0.1, -0.05) is 0 Å². The average Bonchev–Trinajstić information content (AvgIpc) is 2.20. The number of nitrogens with one attached hydrogen (secondary N) is 1. The molecule has 1 aromatic carbocycles. The van der Waals surface area contributed by atoms with Crippen molar-refractivity contribution in [3.63, 3.8) is 0 Å². The molecule has 5 nitrogen and oxygen atoms in total. The molecule has 1 amide bonds. The molecule has 0 aliphatic rings. The van der Waals surface area contributed by atoms with Gasteiger partial charge < -0.3 is 9.84 Å². The van der Waals surface area contributed by atoms with Crippen LogP contribution in [0.3, 0.4) is 0 Å². The maximum absolute atomic E-state index is 13.0. The fraction of sp³-hybridized carbons (Fsp3) is 0.333. The van der Waals surface area contributed by atoms with Crippen LogP contribution in [0.5, 0.6) is 5.75 Å². The molecule has 0 fully saturated rings. The van der Waals surface area contributed by atoms with Crippen LogP contribution in [0.4, 0.5) is 9.18 Å². The van der Waals surface area contributed by atoms with Crippen molar-refractivity contribution < 1.29 is 19.0 Å². The van der Waals surface area contributed by atoms with Crippen LogP contribution in [0.15, 0.2) is 23.3 Å². The lowest BCUT2D eigenvalue weighted by atomic mass is 10.2. The van der Waals surface area contributed by atoms with Crippen LogP contribution in [-0.2, 0) is 4.74 Å². The van der Waals surface area contributed by atoms with Crippen molar-refractivity contribution in [2.24, 2.45) is 5.10 Å². The fourth-order valence-corrected chi connectivity index (χ4v) is 1.06. The van der Waals surface area contributed by atoms with Gasteiger partial charge in [0.2, 0.25) is 0 Å². The summed E-state index contributed by atoms with van der Waals surface area (Å²) >= 11 is 0. The quantitative estimate of drug-likeness (QED) is 0.628. The molecule has 0 radical (unpaired) electrons. The molecule has 0 saturated carbocycles. The van der Waals surface area contributed by atoms with Crippen molar-refractivity contribution in [1.82, 2.24) is 5.43 Å². The van der Waals surface area contributed by atoms with E-state index >= 15 is 0 Å². The zero-order valence-electron chi connectivity index (χ0n) is 10.4. The third-order valence-electron chi connectivity index (χ3n) is 1.74. The maximum Gasteiger partial charge on any atom is 0.428 e. The number of rotatable bonds is 2. The van der Waals surface area contributed by atoms with E-state index in [4.69, 9.17) is 9.84 Å². The number of halogens is 1. The van der Waals surface area contributed by atoms with Crippen LogP contribution in [0.1, 0.15) is 26.3 Å². The summed E-state index contributed by atoms with van der Waals surface area (Å²) in [5, 5.41) is 12.6. The number of hydrogen-bond donors (Lipinski definition) is 2. The highest BCUT2D eigenvalue weighted by atomic mass is 19.1. The highest BCUT2D eigenvalue weighted by Gasteiger charge is 2.15. The minimum atomic E-state index is -0.754. The van der Waals surface area contributed by atoms with Crippen LogP contribution in [0.25, 0.3) is 0 Å². The Kier molecular flexibility index (Phi) is 4.25. The van der Waals surface area contributed by atoms with Crippen LogP contribution >= 0.6 is 0 Å². The summed E-state index contributed by atoms with van der Waals surface area (Å²) in [4.78, 5) is 11.2. The van der Waals surface area contributed by atoms with Gasteiger partial charge in [0.25, 0.3) is 0 Å². The predicted octanol–water partition coefficient (Wildman–Crippen LogP) is 2.39. The highest BCUT2D eigenvalue weighted by Crippen LogP contribution is 2.14. The van der Waals surface area contributed by atoms with E-state index in [1.807, 2.05) is 0 Å². The van der Waals surface area contributed by atoms with E-state index in [1.54, 1.807) is 20.8 Å². The molecule has 0 aliphatic heterocycles. The number of phenolic OH excluding ortho intramolecular Hbond substituents is 1. The summed E-state index contributed by atoms with van der Waals surface area (Å²) in [6.07, 6.45) is 0.546. The molecule has 0 atom stereocenters. The Labute approximate surface area is 104 Å². The Balaban J connectivity index is 2.55. The SMILES string of the molecule is CC(C)(C)OC(=O)N/N=C/c1ccc(O)c(F)c1. The lowest BCUT2D eigenvalue weighted by Crippen LogP contribution is -2.29. The Morgan fingerprint density at radius 1 is 1.50 bits per heavy atom. The molecule has 2 N–H and O–H groups in total. The minimum absolute atomic E-state index is 0.404. The average molecular weight is 254 g/mol. The topological polar surface area (TPSA) is 70.9 Å². The summed E-state index contributed by atoms with van der Waals surface area (Å²) in [7, 11) is 0. The van der Waals surface area contributed by atoms with Crippen LogP contribution in [-0.4, -0.2) is 23.0 Å². The van der Waals surface area contributed by atoms with Crippen molar-refractivity contribution in [1.29, 1.82) is 0 Å². The van der Waals surface area contributed by atoms with Crippen molar-refractivity contribution in [2.45, 2.75) is 26.4 Å². The Hall–Kier alpha value is -2.11. The Morgan fingerprint density at radius 2 is 2.17 bits per heavy atom. The van der Waals surface area contributed by atoms with Gasteiger partial charge in [-0.3, -0.25) is 0 Å². The summed E-state index contributed by atoms with van der Waals surface area (Å²) in [5.41, 5.74) is 1.94. The number of benzene rings is 1. The van der Waals surface area contributed by atoms with Gasteiger partial charge in [0.1, 0.15) is 5.60 Å². The maximum atomic E-state index is 13.0. The van der Waals surface area contributed by atoms with Gasteiger partial charge in [-0.05, 0) is 44.5 Å². The van der Waals surface area contributed by atoms with Gasteiger partial charge in [0, 0.05) is 0 Å². The second-order valence-electron chi connectivity index (χ2n) is 4.58. The van der Waals surface area contributed by atoms with Crippen molar-refractivity contribution >= 4 is 12.3 Å². The second-order valence-corrected chi connectivity index (χ2v) is 4.58. The molecule has 0 unspecified atom stereocenters. The standard InChI is InChI=1S/C12H15FN2O3/c1-12(2,3)18-11(17)15-14-7-8-4-5-10(16)9(13)6-8/h4-7,16H,1-3H3,(H,15,17)/b14-7+. The number of hydrazone groups is 1. The number of amides is 1. The van der Waals surface area contributed by atoms with E-state index < -0.39 is 23.3 Å². The van der Waals surface area contributed by atoms with Gasteiger partial charge in [-0.15, -0.1) is 0 Å². The normalized spacial score (nSPS) is 11.6. The first-order valence-electron chi connectivity index (χ1n) is 5.28. The lowest BCUT2D eigenvalue weighted by molar-refractivity contribution is 0.0529. The van der Waals surface area contributed by atoms with Crippen molar-refractivity contribution in [3.05, 3.63) is 29.6 Å². The van der Waals surface area contributed by atoms with E-state index in [0.717, 1.165) is 6.07 Å². The number of carbonyl (C=O) groups is 1. The lowest BCUT2D eigenvalue weighted by Gasteiger charge is -2.18. The van der Waals surface area contributed by atoms with Crippen molar-refractivity contribution in [2.75, 3.05) is 0 Å².